The van der Waals surface area contributed by atoms with Crippen LogP contribution in [0.25, 0.3) is 0 Å². The normalized spacial score (nSPS) is 18.6. The Hall–Kier alpha value is -2.76. The number of hydrogen-bond acceptors (Lipinski definition) is 3. The Morgan fingerprint density at radius 2 is 1.85 bits per heavy atom. The van der Waals surface area contributed by atoms with E-state index in [-0.39, 0.29) is 11.8 Å². The molecule has 1 aliphatic carbocycles. The fraction of sp³-hybridized carbons (Fsp3) is 0.357. The summed E-state index contributed by atoms with van der Waals surface area (Å²) in [4.78, 5) is 18.2. The predicted octanol–water partition coefficient (Wildman–Crippen LogP) is 6.15. The maximum atomic E-state index is 13.4. The van der Waals surface area contributed by atoms with Crippen molar-refractivity contribution in [3.05, 3.63) is 99.6 Å². The van der Waals surface area contributed by atoms with E-state index in [9.17, 15) is 14.3 Å². The molecule has 3 atom stereocenters. The molecule has 1 heterocycles. The molecule has 1 amide bonds. The molecular weight excluding hydrogens is 451 g/mol. The van der Waals surface area contributed by atoms with Crippen LogP contribution in [0.2, 0.25) is 5.02 Å². The zero-order valence-electron chi connectivity index (χ0n) is 19.5. The summed E-state index contributed by atoms with van der Waals surface area (Å²) in [6.07, 6.45) is 5.02. The van der Waals surface area contributed by atoms with Gasteiger partial charge in [0, 0.05) is 35.9 Å². The van der Waals surface area contributed by atoms with E-state index < -0.39 is 12.1 Å². The molecule has 1 aromatic heterocycles. The third-order valence-electron chi connectivity index (χ3n) is 6.80. The number of aromatic nitrogens is 1. The van der Waals surface area contributed by atoms with Gasteiger partial charge in [0.15, 0.2) is 0 Å². The molecule has 0 unspecified atom stereocenters. The van der Waals surface area contributed by atoms with Gasteiger partial charge in [0.2, 0.25) is 5.95 Å². The highest BCUT2D eigenvalue weighted by Gasteiger charge is 2.30. The summed E-state index contributed by atoms with van der Waals surface area (Å²) in [5.41, 5.74) is 4.01. The molecule has 4 rings (SSSR count). The highest BCUT2D eigenvalue weighted by molar-refractivity contribution is 6.30. The van der Waals surface area contributed by atoms with Crippen LogP contribution in [0, 0.1) is 24.7 Å². The molecule has 0 aliphatic heterocycles. The van der Waals surface area contributed by atoms with E-state index >= 15 is 0 Å². The smallest absolute Gasteiger partial charge is 0.253 e. The number of aliphatic hydroxyl groups is 1. The van der Waals surface area contributed by atoms with Gasteiger partial charge in [0.05, 0.1) is 6.10 Å². The Balaban J connectivity index is 1.31. The summed E-state index contributed by atoms with van der Waals surface area (Å²) >= 11 is 5.96. The number of carbonyl (C=O) groups is 1. The summed E-state index contributed by atoms with van der Waals surface area (Å²) < 4.78 is 13.4. The number of halogens is 2. The van der Waals surface area contributed by atoms with E-state index in [1.807, 2.05) is 48.5 Å². The van der Waals surface area contributed by atoms with Gasteiger partial charge in [-0.15, -0.1) is 0 Å². The SMILES string of the molecule is Cc1cc(CN(C)C(=O)c2ccc(C[C@@H]3CC[C@H]([C@H](O)c4ccc(Cl)cc4)C3)cc2)cnc1F. The van der Waals surface area contributed by atoms with Crippen LogP contribution in [0.5, 0.6) is 0 Å². The molecule has 1 saturated carbocycles. The third-order valence-corrected chi connectivity index (χ3v) is 7.05. The average molecular weight is 481 g/mol. The number of amides is 1. The molecule has 178 valence electrons. The second-order valence-corrected chi connectivity index (χ2v) is 9.89. The number of aryl methyl sites for hydroxylation is 1. The molecule has 1 aliphatic rings. The first-order chi connectivity index (χ1) is 16.3. The number of carbonyl (C=O) groups excluding carboxylic acids is 1. The lowest BCUT2D eigenvalue weighted by atomic mass is 9.91. The maximum absolute atomic E-state index is 13.4. The first-order valence-corrected chi connectivity index (χ1v) is 12.1. The standard InChI is InChI=1S/C28H30ClFN2O2/c1-18-13-21(16-31-27(18)30)17-32(2)28(34)23-6-3-19(4-7-23)14-20-5-8-24(15-20)26(33)22-9-11-25(29)12-10-22/h3-4,6-7,9-13,16,20,24,26,33H,5,8,14-15,17H2,1-2H3/t20-,24-,26+/m0/s1. The highest BCUT2D eigenvalue weighted by atomic mass is 35.5. The van der Waals surface area contributed by atoms with Gasteiger partial charge >= 0.3 is 0 Å². The minimum Gasteiger partial charge on any atom is -0.388 e. The minimum absolute atomic E-state index is 0.0828. The first kappa shape index (κ1) is 24.4. The van der Waals surface area contributed by atoms with Crippen LogP contribution in [0.4, 0.5) is 4.39 Å². The molecule has 0 bridgehead atoms. The largest absolute Gasteiger partial charge is 0.388 e. The van der Waals surface area contributed by atoms with Crippen LogP contribution in [0.3, 0.4) is 0 Å². The quantitative estimate of drug-likeness (QED) is 0.413. The Morgan fingerprint density at radius 1 is 1.15 bits per heavy atom. The van der Waals surface area contributed by atoms with Gasteiger partial charge in [-0.25, -0.2) is 4.98 Å². The van der Waals surface area contributed by atoms with Crippen LogP contribution in [-0.2, 0) is 13.0 Å². The molecule has 0 spiro atoms. The van der Waals surface area contributed by atoms with E-state index in [4.69, 9.17) is 11.6 Å². The highest BCUT2D eigenvalue weighted by Crippen LogP contribution is 2.40. The van der Waals surface area contributed by atoms with E-state index in [2.05, 4.69) is 4.98 Å². The van der Waals surface area contributed by atoms with Crippen LogP contribution >= 0.6 is 11.6 Å². The minimum atomic E-state index is -0.485. The van der Waals surface area contributed by atoms with Crippen molar-refractivity contribution in [1.29, 1.82) is 0 Å². The van der Waals surface area contributed by atoms with Gasteiger partial charge in [0.1, 0.15) is 0 Å². The van der Waals surface area contributed by atoms with Crippen LogP contribution in [0.15, 0.2) is 60.8 Å². The number of benzene rings is 2. The van der Waals surface area contributed by atoms with Crippen molar-refractivity contribution in [3.63, 3.8) is 0 Å². The van der Waals surface area contributed by atoms with Crippen molar-refractivity contribution in [3.8, 4) is 0 Å². The molecule has 6 heteroatoms. The second-order valence-electron chi connectivity index (χ2n) is 9.45. The first-order valence-electron chi connectivity index (χ1n) is 11.7. The predicted molar refractivity (Wildman–Crippen MR) is 132 cm³/mol. The molecule has 4 nitrogen and oxygen atoms in total. The fourth-order valence-electron chi connectivity index (χ4n) is 4.90. The van der Waals surface area contributed by atoms with E-state index in [0.717, 1.165) is 36.8 Å². The van der Waals surface area contributed by atoms with Gasteiger partial charge in [-0.1, -0.05) is 35.9 Å². The topological polar surface area (TPSA) is 53.4 Å². The molecule has 34 heavy (non-hydrogen) atoms. The van der Waals surface area contributed by atoms with Gasteiger partial charge < -0.3 is 10.0 Å². The van der Waals surface area contributed by atoms with Gasteiger partial charge in [0.25, 0.3) is 5.91 Å². The fourth-order valence-corrected chi connectivity index (χ4v) is 5.03. The number of aliphatic hydroxyl groups excluding tert-OH is 1. The van der Waals surface area contributed by atoms with Crippen molar-refractivity contribution in [2.24, 2.45) is 11.8 Å². The Bertz CT molecular complexity index is 1130. The summed E-state index contributed by atoms with van der Waals surface area (Å²) in [7, 11) is 1.74. The monoisotopic (exact) mass is 480 g/mol. The third kappa shape index (κ3) is 5.83. The van der Waals surface area contributed by atoms with E-state index in [1.54, 1.807) is 24.9 Å². The van der Waals surface area contributed by atoms with Crippen molar-refractivity contribution in [2.45, 2.75) is 45.3 Å². The lowest BCUT2D eigenvalue weighted by Gasteiger charge is -2.19. The molecule has 1 fully saturated rings. The summed E-state index contributed by atoms with van der Waals surface area (Å²) in [5.74, 6) is 0.206. The Kier molecular flexibility index (Phi) is 7.64. The maximum Gasteiger partial charge on any atom is 0.253 e. The summed E-state index contributed by atoms with van der Waals surface area (Å²) in [6.45, 7) is 2.03. The van der Waals surface area contributed by atoms with Crippen molar-refractivity contribution >= 4 is 17.5 Å². The summed E-state index contributed by atoms with van der Waals surface area (Å²) in [6, 6.07) is 17.0. The summed E-state index contributed by atoms with van der Waals surface area (Å²) in [5, 5.41) is 11.4. The van der Waals surface area contributed by atoms with Gasteiger partial charge in [-0.2, -0.15) is 4.39 Å². The van der Waals surface area contributed by atoms with Crippen molar-refractivity contribution in [1.82, 2.24) is 9.88 Å². The molecule has 1 N–H and O–H groups in total. The van der Waals surface area contributed by atoms with Crippen LogP contribution < -0.4 is 0 Å². The van der Waals surface area contributed by atoms with Crippen LogP contribution in [-0.4, -0.2) is 27.9 Å². The molecular formula is C28H30ClFN2O2. The van der Waals surface area contributed by atoms with Gasteiger partial charge in [-0.3, -0.25) is 4.79 Å². The Labute approximate surface area is 205 Å². The van der Waals surface area contributed by atoms with Crippen LogP contribution in [0.1, 0.15) is 58.0 Å². The van der Waals surface area contributed by atoms with Gasteiger partial charge in [-0.05, 0) is 91.5 Å². The zero-order chi connectivity index (χ0) is 24.2. The molecule has 0 saturated heterocycles. The number of nitrogens with zero attached hydrogens (tertiary/aromatic N) is 2. The average Bonchev–Trinajstić information content (AvgIpc) is 3.30. The number of hydrogen-bond donors (Lipinski definition) is 1. The zero-order valence-corrected chi connectivity index (χ0v) is 20.3. The lowest BCUT2D eigenvalue weighted by Crippen LogP contribution is -2.26. The molecule has 3 aromatic rings. The lowest BCUT2D eigenvalue weighted by molar-refractivity contribution is 0.0785. The van der Waals surface area contributed by atoms with E-state index in [1.165, 1.54) is 11.8 Å². The number of pyridine rings is 1. The second kappa shape index (κ2) is 10.7. The Morgan fingerprint density at radius 3 is 2.53 bits per heavy atom. The van der Waals surface area contributed by atoms with E-state index in [0.29, 0.717) is 28.6 Å². The van der Waals surface area contributed by atoms with Crippen molar-refractivity contribution < 1.29 is 14.3 Å². The number of rotatable bonds is 7. The van der Waals surface area contributed by atoms with Crippen molar-refractivity contribution in [2.75, 3.05) is 7.05 Å². The molecule has 0 radical (unpaired) electrons. The molecule has 2 aromatic carbocycles.